The molecule has 2 unspecified atom stereocenters. The molecule has 0 amide bonds. The summed E-state index contributed by atoms with van der Waals surface area (Å²) in [5.74, 6) is 0.230. The molecule has 0 radical (unpaired) electrons. The largest absolute Gasteiger partial charge is 0.329 e. The van der Waals surface area contributed by atoms with Crippen LogP contribution >= 0.6 is 11.8 Å². The Kier molecular flexibility index (Phi) is 4.42. The summed E-state index contributed by atoms with van der Waals surface area (Å²) in [5.41, 5.74) is 9.92. The van der Waals surface area contributed by atoms with Crippen LogP contribution in [0.15, 0.2) is 30.3 Å². The fourth-order valence-electron chi connectivity index (χ4n) is 1.57. The summed E-state index contributed by atoms with van der Waals surface area (Å²) in [6, 6.07) is 9.85. The number of rotatable bonds is 7. The number of nitrogens with one attached hydrogen (secondary N) is 1. The lowest BCUT2D eigenvalue weighted by Crippen LogP contribution is -2.42. The predicted molar refractivity (Wildman–Crippen MR) is 69.2 cm³/mol. The van der Waals surface area contributed by atoms with E-state index < -0.39 is 5.91 Å². The highest BCUT2D eigenvalue weighted by Gasteiger charge is 2.52. The van der Waals surface area contributed by atoms with Crippen LogP contribution in [0.1, 0.15) is 12.0 Å². The van der Waals surface area contributed by atoms with Crippen LogP contribution in [0.2, 0.25) is 0 Å². The molecule has 0 spiro atoms. The van der Waals surface area contributed by atoms with Crippen LogP contribution < -0.4 is 11.2 Å². The Balaban J connectivity index is 1.82. The number of ether oxygens (including phenoxy) is 1. The molecule has 1 aliphatic heterocycles. The van der Waals surface area contributed by atoms with E-state index in [9.17, 15) is 0 Å². The lowest BCUT2D eigenvalue weighted by molar-refractivity contribution is -0.0712. The van der Waals surface area contributed by atoms with Gasteiger partial charge in [-0.1, -0.05) is 30.3 Å². The van der Waals surface area contributed by atoms with E-state index >= 15 is 0 Å². The Hall–Kier alpha value is -0.590. The molecule has 0 aliphatic carbocycles. The van der Waals surface area contributed by atoms with E-state index in [4.69, 9.17) is 15.3 Å². The molecule has 1 heterocycles. The second kappa shape index (κ2) is 5.84. The van der Waals surface area contributed by atoms with Crippen LogP contribution in [0.25, 0.3) is 0 Å². The summed E-state index contributed by atoms with van der Waals surface area (Å²) < 4.78 is 5.72. The van der Waals surface area contributed by atoms with E-state index in [0.29, 0.717) is 6.61 Å². The first kappa shape index (κ1) is 12.9. The molecular formula is C12H18N2O2S. The predicted octanol–water partition coefficient (Wildman–Crippen LogP) is 1.47. The third-order valence-electron chi connectivity index (χ3n) is 2.72. The van der Waals surface area contributed by atoms with Crippen molar-refractivity contribution in [2.24, 2.45) is 5.73 Å². The van der Waals surface area contributed by atoms with Gasteiger partial charge < -0.3 is 10.5 Å². The number of hydrogen-bond donors (Lipinski definition) is 2. The van der Waals surface area contributed by atoms with Crippen molar-refractivity contribution in [2.45, 2.75) is 25.0 Å². The summed E-state index contributed by atoms with van der Waals surface area (Å²) in [6.07, 6.45) is 2.92. The molecule has 1 aliphatic rings. The molecule has 0 bridgehead atoms. The van der Waals surface area contributed by atoms with Crippen molar-refractivity contribution < 1.29 is 9.57 Å². The van der Waals surface area contributed by atoms with E-state index in [1.54, 1.807) is 11.8 Å². The van der Waals surface area contributed by atoms with Crippen LogP contribution in [0.4, 0.5) is 0 Å². The monoisotopic (exact) mass is 254 g/mol. The Bertz CT molecular complexity index is 344. The zero-order valence-corrected chi connectivity index (χ0v) is 10.7. The summed E-state index contributed by atoms with van der Waals surface area (Å²) in [5, 5.41) is 0. The van der Waals surface area contributed by atoms with Gasteiger partial charge in [-0.15, -0.1) is 5.48 Å². The standard InChI is InChI=1S/C12H18N2O2S/c1-17-8-7-11(13)12(14-16-12)15-9-10-5-3-2-4-6-10/h2-6,11,14H,7-9,13H2,1H3. The van der Waals surface area contributed by atoms with Crippen molar-refractivity contribution in [1.82, 2.24) is 5.48 Å². The van der Waals surface area contributed by atoms with Gasteiger partial charge in [0.15, 0.2) is 0 Å². The molecular weight excluding hydrogens is 236 g/mol. The molecule has 0 saturated carbocycles. The first-order valence-corrected chi connectivity index (χ1v) is 7.04. The second-order valence-electron chi connectivity index (χ2n) is 4.03. The molecule has 1 aromatic rings. The number of hydroxylamine groups is 1. The number of nitrogens with two attached hydrogens (primary N) is 1. The highest BCUT2D eigenvalue weighted by atomic mass is 32.2. The molecule has 0 aromatic heterocycles. The molecule has 3 N–H and O–H groups in total. The maximum absolute atomic E-state index is 6.04. The lowest BCUT2D eigenvalue weighted by Gasteiger charge is -2.18. The third kappa shape index (κ3) is 3.43. The van der Waals surface area contributed by atoms with E-state index in [-0.39, 0.29) is 6.04 Å². The van der Waals surface area contributed by atoms with E-state index in [1.165, 1.54) is 0 Å². The fourth-order valence-corrected chi connectivity index (χ4v) is 2.06. The van der Waals surface area contributed by atoms with Crippen LogP contribution in [0.3, 0.4) is 0 Å². The SMILES string of the molecule is CSCCC(N)C1(OCc2ccccc2)NO1. The van der Waals surface area contributed by atoms with Crippen LogP contribution in [-0.4, -0.2) is 24.0 Å². The average Bonchev–Trinajstić information content (AvgIpc) is 3.16. The van der Waals surface area contributed by atoms with Gasteiger partial charge in [-0.05, 0) is 24.0 Å². The normalized spacial score (nSPS) is 24.6. The van der Waals surface area contributed by atoms with E-state index in [0.717, 1.165) is 17.7 Å². The van der Waals surface area contributed by atoms with Gasteiger partial charge in [0.25, 0.3) is 5.91 Å². The molecule has 94 valence electrons. The van der Waals surface area contributed by atoms with Crippen LogP contribution in [-0.2, 0) is 16.2 Å². The second-order valence-corrected chi connectivity index (χ2v) is 5.02. The molecule has 5 heteroatoms. The van der Waals surface area contributed by atoms with Crippen molar-refractivity contribution in [3.05, 3.63) is 35.9 Å². The number of thioether (sulfide) groups is 1. The number of hydrogen-bond acceptors (Lipinski definition) is 5. The van der Waals surface area contributed by atoms with Crippen molar-refractivity contribution in [3.63, 3.8) is 0 Å². The highest BCUT2D eigenvalue weighted by Crippen LogP contribution is 2.28. The molecule has 2 rings (SSSR count). The molecule has 2 atom stereocenters. The summed E-state index contributed by atoms with van der Waals surface area (Å²) in [7, 11) is 0. The minimum atomic E-state index is -0.772. The molecule has 17 heavy (non-hydrogen) atoms. The molecule has 1 saturated heterocycles. The Morgan fingerprint density at radius 2 is 2.18 bits per heavy atom. The molecule has 4 nitrogen and oxygen atoms in total. The fraction of sp³-hybridized carbons (Fsp3) is 0.500. The lowest BCUT2D eigenvalue weighted by atomic mass is 10.2. The Labute approximate surface area is 106 Å². The summed E-state index contributed by atoms with van der Waals surface area (Å²) in [6.45, 7) is 0.501. The van der Waals surface area contributed by atoms with E-state index in [1.807, 2.05) is 30.3 Å². The maximum Gasteiger partial charge on any atom is 0.282 e. The third-order valence-corrected chi connectivity index (χ3v) is 3.36. The highest BCUT2D eigenvalue weighted by molar-refractivity contribution is 7.98. The topological polar surface area (TPSA) is 69.7 Å². The number of benzene rings is 1. The minimum absolute atomic E-state index is 0.140. The average molecular weight is 254 g/mol. The summed E-state index contributed by atoms with van der Waals surface area (Å²) in [4.78, 5) is 5.17. The van der Waals surface area contributed by atoms with Gasteiger partial charge in [0.1, 0.15) is 0 Å². The first-order valence-electron chi connectivity index (χ1n) is 5.64. The smallest absolute Gasteiger partial charge is 0.282 e. The molecule has 1 aromatic carbocycles. The van der Waals surface area contributed by atoms with Crippen molar-refractivity contribution in [3.8, 4) is 0 Å². The minimum Gasteiger partial charge on any atom is -0.329 e. The zero-order valence-electron chi connectivity index (χ0n) is 9.89. The Morgan fingerprint density at radius 3 is 2.76 bits per heavy atom. The quantitative estimate of drug-likeness (QED) is 0.721. The maximum atomic E-state index is 6.04. The first-order chi connectivity index (χ1) is 8.27. The molecule has 1 fully saturated rings. The summed E-state index contributed by atoms with van der Waals surface area (Å²) >= 11 is 1.77. The van der Waals surface area contributed by atoms with Crippen LogP contribution in [0, 0.1) is 0 Å². The van der Waals surface area contributed by atoms with Crippen molar-refractivity contribution in [1.29, 1.82) is 0 Å². The van der Waals surface area contributed by atoms with Crippen LogP contribution in [0.5, 0.6) is 0 Å². The van der Waals surface area contributed by atoms with Gasteiger partial charge in [0.2, 0.25) is 0 Å². The Morgan fingerprint density at radius 1 is 1.47 bits per heavy atom. The van der Waals surface area contributed by atoms with E-state index in [2.05, 4.69) is 11.7 Å². The van der Waals surface area contributed by atoms with Crippen molar-refractivity contribution in [2.75, 3.05) is 12.0 Å². The van der Waals surface area contributed by atoms with Gasteiger partial charge in [-0.3, -0.25) is 0 Å². The van der Waals surface area contributed by atoms with Gasteiger partial charge in [-0.25, -0.2) is 4.84 Å². The zero-order chi connectivity index (χ0) is 12.1. The van der Waals surface area contributed by atoms with Gasteiger partial charge in [0.05, 0.1) is 12.6 Å². The van der Waals surface area contributed by atoms with Gasteiger partial charge >= 0.3 is 0 Å². The van der Waals surface area contributed by atoms with Gasteiger partial charge in [0, 0.05) is 0 Å². The van der Waals surface area contributed by atoms with Crippen molar-refractivity contribution >= 4 is 11.8 Å². The van der Waals surface area contributed by atoms with Gasteiger partial charge in [-0.2, -0.15) is 11.8 Å².